The molecule has 17 heavy (non-hydrogen) atoms. The number of rotatable bonds is 3. The molecule has 1 heterocycles. The van der Waals surface area contributed by atoms with E-state index < -0.39 is 0 Å². The van der Waals surface area contributed by atoms with Gasteiger partial charge in [0.15, 0.2) is 0 Å². The molecule has 0 radical (unpaired) electrons. The van der Waals surface area contributed by atoms with Crippen molar-refractivity contribution < 1.29 is 0 Å². The van der Waals surface area contributed by atoms with E-state index in [1.54, 1.807) is 11.3 Å². The van der Waals surface area contributed by atoms with E-state index in [-0.39, 0.29) is 5.38 Å². The second-order valence-corrected chi connectivity index (χ2v) is 8.27. The molecule has 0 fully saturated rings. The summed E-state index contributed by atoms with van der Waals surface area (Å²) in [5, 5.41) is 0.0110. The Morgan fingerprint density at radius 3 is 2.53 bits per heavy atom. The molecule has 0 saturated carbocycles. The van der Waals surface area contributed by atoms with Gasteiger partial charge in [0.2, 0.25) is 0 Å². The predicted octanol–water partition coefficient (Wildman–Crippen LogP) is 6.56. The lowest BCUT2D eigenvalue weighted by Crippen LogP contribution is -1.93. The van der Waals surface area contributed by atoms with Crippen LogP contribution in [0.1, 0.15) is 15.8 Å². The van der Waals surface area contributed by atoms with Crippen LogP contribution in [0.4, 0.5) is 0 Å². The molecule has 1 aromatic heterocycles. The van der Waals surface area contributed by atoms with E-state index >= 15 is 0 Å². The first kappa shape index (κ1) is 14.1. The van der Waals surface area contributed by atoms with Crippen LogP contribution in [-0.4, -0.2) is 0 Å². The maximum atomic E-state index is 6.43. The van der Waals surface area contributed by atoms with Crippen molar-refractivity contribution in [2.45, 2.75) is 11.8 Å². The Balaban J connectivity index is 2.14. The number of hydrogen-bond donors (Lipinski definition) is 0. The Morgan fingerprint density at radius 2 is 1.94 bits per heavy atom. The van der Waals surface area contributed by atoms with Crippen LogP contribution in [-0.2, 0) is 6.42 Å². The molecule has 1 atom stereocenters. The van der Waals surface area contributed by atoms with Crippen LogP contribution in [0.15, 0.2) is 43.1 Å². The van der Waals surface area contributed by atoms with Crippen molar-refractivity contribution in [1.82, 2.24) is 0 Å². The van der Waals surface area contributed by atoms with Crippen molar-refractivity contribution in [3.63, 3.8) is 0 Å². The van der Waals surface area contributed by atoms with E-state index in [2.05, 4.69) is 66.0 Å². The SMILES string of the molecule is ClC(Cc1cccc(Br)c1)c1cc(Br)c(Br)s1. The summed E-state index contributed by atoms with van der Waals surface area (Å²) in [6.07, 6.45) is 0.834. The van der Waals surface area contributed by atoms with Crippen LogP contribution in [0.2, 0.25) is 0 Å². The minimum Gasteiger partial charge on any atom is -0.130 e. The van der Waals surface area contributed by atoms with Crippen molar-refractivity contribution in [3.8, 4) is 0 Å². The Hall–Kier alpha value is 0.650. The molecule has 0 amide bonds. The largest absolute Gasteiger partial charge is 0.130 e. The van der Waals surface area contributed by atoms with E-state index in [0.717, 1.165) is 19.2 Å². The fourth-order valence-corrected chi connectivity index (χ4v) is 4.38. The minimum atomic E-state index is 0.0110. The van der Waals surface area contributed by atoms with Gasteiger partial charge < -0.3 is 0 Å². The standard InChI is InChI=1S/C12H8Br3ClS/c13-8-3-1-2-7(4-8)5-10(16)11-6-9(14)12(15)17-11/h1-4,6,10H,5H2. The van der Waals surface area contributed by atoms with Gasteiger partial charge in [0, 0.05) is 13.8 Å². The lowest BCUT2D eigenvalue weighted by molar-refractivity contribution is 0.938. The van der Waals surface area contributed by atoms with Crippen LogP contribution in [0.25, 0.3) is 0 Å². The van der Waals surface area contributed by atoms with Crippen molar-refractivity contribution in [2.75, 3.05) is 0 Å². The molecular formula is C12H8Br3ClS. The number of hydrogen-bond acceptors (Lipinski definition) is 1. The van der Waals surface area contributed by atoms with Gasteiger partial charge in [-0.2, -0.15) is 0 Å². The predicted molar refractivity (Wildman–Crippen MR) is 86.2 cm³/mol. The van der Waals surface area contributed by atoms with Crippen LogP contribution in [0, 0.1) is 0 Å². The zero-order valence-electron chi connectivity index (χ0n) is 8.59. The Morgan fingerprint density at radius 1 is 1.18 bits per heavy atom. The third-order valence-corrected chi connectivity index (χ3v) is 6.66. The van der Waals surface area contributed by atoms with Gasteiger partial charge in [-0.05, 0) is 62.0 Å². The van der Waals surface area contributed by atoms with Gasteiger partial charge in [-0.15, -0.1) is 22.9 Å². The number of benzene rings is 1. The highest BCUT2D eigenvalue weighted by Gasteiger charge is 2.14. The van der Waals surface area contributed by atoms with Gasteiger partial charge in [0.25, 0.3) is 0 Å². The molecule has 0 aliphatic carbocycles. The number of halogens is 4. The fourth-order valence-electron chi connectivity index (χ4n) is 1.49. The fraction of sp³-hybridized carbons (Fsp3) is 0.167. The highest BCUT2D eigenvalue weighted by Crippen LogP contribution is 2.38. The zero-order valence-corrected chi connectivity index (χ0v) is 14.9. The van der Waals surface area contributed by atoms with Crippen LogP contribution >= 0.6 is 70.7 Å². The molecule has 0 saturated heterocycles. The van der Waals surface area contributed by atoms with Crippen molar-refractivity contribution in [1.29, 1.82) is 0 Å². The molecule has 0 nitrogen and oxygen atoms in total. The highest BCUT2D eigenvalue weighted by atomic mass is 79.9. The third kappa shape index (κ3) is 3.80. The van der Waals surface area contributed by atoms with Crippen molar-refractivity contribution in [3.05, 3.63) is 53.5 Å². The molecule has 2 aromatic rings. The topological polar surface area (TPSA) is 0 Å². The van der Waals surface area contributed by atoms with Crippen LogP contribution in [0.5, 0.6) is 0 Å². The Bertz CT molecular complexity index is 505. The average Bonchev–Trinajstić information content (AvgIpc) is 2.59. The summed E-state index contributed by atoms with van der Waals surface area (Å²) in [7, 11) is 0. The van der Waals surface area contributed by atoms with Gasteiger partial charge >= 0.3 is 0 Å². The molecule has 90 valence electrons. The zero-order chi connectivity index (χ0) is 12.4. The molecule has 0 aliphatic heterocycles. The quantitative estimate of drug-likeness (QED) is 0.456. The first-order valence-electron chi connectivity index (χ1n) is 4.89. The summed E-state index contributed by atoms with van der Waals surface area (Å²) in [5.41, 5.74) is 1.24. The molecular weight excluding hydrogens is 451 g/mol. The van der Waals surface area contributed by atoms with E-state index in [1.807, 2.05) is 12.1 Å². The van der Waals surface area contributed by atoms with Crippen molar-refractivity contribution >= 4 is 70.7 Å². The summed E-state index contributed by atoms with van der Waals surface area (Å²) in [5.74, 6) is 0. The summed E-state index contributed by atoms with van der Waals surface area (Å²) in [6, 6.07) is 10.3. The molecule has 0 spiro atoms. The molecule has 2 rings (SSSR count). The summed E-state index contributed by atoms with van der Waals surface area (Å²) >= 11 is 18.5. The first-order chi connectivity index (χ1) is 8.06. The van der Waals surface area contributed by atoms with E-state index in [4.69, 9.17) is 11.6 Å². The maximum absolute atomic E-state index is 6.43. The van der Waals surface area contributed by atoms with Gasteiger partial charge in [-0.3, -0.25) is 0 Å². The lowest BCUT2D eigenvalue weighted by atomic mass is 10.1. The first-order valence-corrected chi connectivity index (χ1v) is 8.52. The van der Waals surface area contributed by atoms with Crippen LogP contribution in [0.3, 0.4) is 0 Å². The number of alkyl halides is 1. The molecule has 1 aromatic carbocycles. The van der Waals surface area contributed by atoms with Gasteiger partial charge in [-0.25, -0.2) is 0 Å². The summed E-state index contributed by atoms with van der Waals surface area (Å²) in [4.78, 5) is 1.17. The number of thiophene rings is 1. The summed E-state index contributed by atoms with van der Waals surface area (Å²) in [6.45, 7) is 0. The Kier molecular flexibility index (Phi) is 5.13. The Labute approximate surface area is 135 Å². The molecule has 1 unspecified atom stereocenters. The highest BCUT2D eigenvalue weighted by molar-refractivity contribution is 9.13. The van der Waals surface area contributed by atoms with Gasteiger partial charge in [0.05, 0.1) is 9.16 Å². The molecule has 0 aliphatic rings. The third-order valence-electron chi connectivity index (χ3n) is 2.28. The van der Waals surface area contributed by atoms with E-state index in [0.29, 0.717) is 0 Å². The van der Waals surface area contributed by atoms with Crippen LogP contribution < -0.4 is 0 Å². The normalized spacial score (nSPS) is 12.7. The monoisotopic (exact) mass is 456 g/mol. The minimum absolute atomic E-state index is 0.0110. The smallest absolute Gasteiger partial charge is 0.0843 e. The van der Waals surface area contributed by atoms with Crippen molar-refractivity contribution in [2.24, 2.45) is 0 Å². The van der Waals surface area contributed by atoms with Gasteiger partial charge in [0.1, 0.15) is 0 Å². The molecule has 5 heteroatoms. The van der Waals surface area contributed by atoms with E-state index in [1.165, 1.54) is 10.4 Å². The molecule has 0 N–H and O–H groups in total. The average molecular weight is 459 g/mol. The lowest BCUT2D eigenvalue weighted by Gasteiger charge is -2.07. The van der Waals surface area contributed by atoms with Gasteiger partial charge in [-0.1, -0.05) is 28.1 Å². The summed E-state index contributed by atoms with van der Waals surface area (Å²) < 4.78 is 3.25. The second kappa shape index (κ2) is 6.20. The molecule has 0 bridgehead atoms. The maximum Gasteiger partial charge on any atom is 0.0843 e. The second-order valence-electron chi connectivity index (χ2n) is 3.57. The van der Waals surface area contributed by atoms with E-state index in [9.17, 15) is 0 Å².